The Hall–Kier alpha value is -2.65. The number of hydrogen-bond donors (Lipinski definition) is 0. The number of carbonyl (C=O) groups excluding carboxylic acids is 1. The van der Waals surface area contributed by atoms with Gasteiger partial charge in [-0.25, -0.2) is 0 Å². The van der Waals surface area contributed by atoms with Crippen LogP contribution in [-0.2, 0) is 13.6 Å². The lowest BCUT2D eigenvalue weighted by Crippen LogP contribution is -2.32. The van der Waals surface area contributed by atoms with Crippen LogP contribution < -0.4 is 0 Å². The summed E-state index contributed by atoms with van der Waals surface area (Å²) in [6.45, 7) is 3.20. The average molecular weight is 358 g/mol. The molecule has 0 radical (unpaired) electrons. The highest BCUT2D eigenvalue weighted by Gasteiger charge is 2.18. The van der Waals surface area contributed by atoms with Crippen molar-refractivity contribution in [3.8, 4) is 0 Å². The zero-order valence-corrected chi connectivity index (χ0v) is 15.8. The first-order chi connectivity index (χ1) is 13.2. The van der Waals surface area contributed by atoms with Gasteiger partial charge in [0.1, 0.15) is 0 Å². The third kappa shape index (κ3) is 4.04. The van der Waals surface area contributed by atoms with Crippen LogP contribution in [-0.4, -0.2) is 28.3 Å². The summed E-state index contributed by atoms with van der Waals surface area (Å²) in [6, 6.07) is 18.7. The molecule has 1 aromatic heterocycles. The lowest BCUT2D eigenvalue weighted by molar-refractivity contribution is 0.104. The van der Waals surface area contributed by atoms with Crippen molar-refractivity contribution in [1.29, 1.82) is 0 Å². The van der Waals surface area contributed by atoms with Crippen molar-refractivity contribution in [2.45, 2.75) is 19.4 Å². The van der Waals surface area contributed by atoms with E-state index >= 15 is 0 Å². The monoisotopic (exact) mass is 358 g/mol. The SMILES string of the molecule is Cn1cc(C(=O)C=CC2CCN(Cc3ccccc3)CC2)c2ccccc21. The molecule has 1 fully saturated rings. The van der Waals surface area contributed by atoms with Gasteiger partial charge >= 0.3 is 0 Å². The second-order valence-corrected chi connectivity index (χ2v) is 7.49. The maximum atomic E-state index is 12.7. The van der Waals surface area contributed by atoms with Crippen molar-refractivity contribution >= 4 is 16.7 Å². The molecule has 3 heteroatoms. The van der Waals surface area contributed by atoms with Crippen LogP contribution in [0.2, 0.25) is 0 Å². The molecule has 1 aliphatic rings. The number of benzene rings is 2. The number of nitrogens with zero attached hydrogens (tertiary/aromatic N) is 2. The number of aromatic nitrogens is 1. The second kappa shape index (κ2) is 7.93. The third-order valence-electron chi connectivity index (χ3n) is 5.56. The van der Waals surface area contributed by atoms with E-state index in [0.717, 1.165) is 48.9 Å². The Kier molecular flexibility index (Phi) is 5.21. The van der Waals surface area contributed by atoms with E-state index in [2.05, 4.69) is 47.4 Å². The lowest BCUT2D eigenvalue weighted by atomic mass is 9.95. The third-order valence-corrected chi connectivity index (χ3v) is 5.56. The molecular weight excluding hydrogens is 332 g/mol. The minimum absolute atomic E-state index is 0.110. The Balaban J connectivity index is 1.36. The normalized spacial score (nSPS) is 16.3. The zero-order valence-electron chi connectivity index (χ0n) is 15.8. The highest BCUT2D eigenvalue weighted by molar-refractivity contribution is 6.13. The van der Waals surface area contributed by atoms with Crippen LogP contribution in [0.15, 0.2) is 72.9 Å². The Morgan fingerprint density at radius 3 is 2.52 bits per heavy atom. The summed E-state index contributed by atoms with van der Waals surface area (Å²) in [5.74, 6) is 0.606. The van der Waals surface area contributed by atoms with Crippen LogP contribution in [0.25, 0.3) is 10.9 Å². The number of rotatable bonds is 5. The van der Waals surface area contributed by atoms with Crippen LogP contribution in [0.1, 0.15) is 28.8 Å². The van der Waals surface area contributed by atoms with E-state index in [1.54, 1.807) is 6.08 Å². The van der Waals surface area contributed by atoms with E-state index in [4.69, 9.17) is 0 Å². The van der Waals surface area contributed by atoms with Gasteiger partial charge in [0.15, 0.2) is 5.78 Å². The number of para-hydroxylation sites is 1. The fourth-order valence-electron chi connectivity index (χ4n) is 4.00. The minimum atomic E-state index is 0.110. The largest absolute Gasteiger partial charge is 0.350 e. The molecular formula is C24H26N2O. The fraction of sp³-hybridized carbons (Fsp3) is 0.292. The molecule has 2 aromatic carbocycles. The first kappa shape index (κ1) is 17.7. The average Bonchev–Trinajstić information content (AvgIpc) is 3.05. The molecule has 0 N–H and O–H groups in total. The van der Waals surface area contributed by atoms with Gasteiger partial charge in [-0.1, -0.05) is 54.6 Å². The van der Waals surface area contributed by atoms with E-state index in [1.807, 2.05) is 36.0 Å². The predicted octanol–water partition coefficient (Wildman–Crippen LogP) is 4.83. The van der Waals surface area contributed by atoms with Gasteiger partial charge in [0.25, 0.3) is 0 Å². The Labute approximate surface area is 160 Å². The maximum absolute atomic E-state index is 12.7. The first-order valence-electron chi connectivity index (χ1n) is 9.73. The second-order valence-electron chi connectivity index (χ2n) is 7.49. The van der Waals surface area contributed by atoms with E-state index in [1.165, 1.54) is 5.56 Å². The standard InChI is InChI=1S/C24H26N2O/c1-25-18-22(21-9-5-6-10-23(21)25)24(27)12-11-19-13-15-26(16-14-19)17-20-7-3-2-4-8-20/h2-12,18-19H,13-17H2,1H3. The molecule has 0 unspecified atom stereocenters. The molecule has 1 saturated heterocycles. The van der Waals surface area contributed by atoms with E-state index in [9.17, 15) is 4.79 Å². The summed E-state index contributed by atoms with van der Waals surface area (Å²) in [4.78, 5) is 15.2. The number of allylic oxidation sites excluding steroid dienone is 2. The van der Waals surface area contributed by atoms with E-state index in [-0.39, 0.29) is 5.78 Å². The molecule has 0 saturated carbocycles. The molecule has 0 bridgehead atoms. The van der Waals surface area contributed by atoms with Crippen LogP contribution in [0.3, 0.4) is 0 Å². The number of fused-ring (bicyclic) bond motifs is 1. The molecule has 27 heavy (non-hydrogen) atoms. The summed E-state index contributed by atoms with van der Waals surface area (Å²) in [6.07, 6.45) is 8.10. The molecule has 2 heterocycles. The zero-order chi connectivity index (χ0) is 18.6. The summed E-state index contributed by atoms with van der Waals surface area (Å²) in [5.41, 5.74) is 3.27. The summed E-state index contributed by atoms with van der Waals surface area (Å²) >= 11 is 0. The van der Waals surface area contributed by atoms with Gasteiger partial charge in [-0.05, 0) is 49.6 Å². The summed E-state index contributed by atoms with van der Waals surface area (Å²) in [5, 5.41) is 1.03. The highest BCUT2D eigenvalue weighted by atomic mass is 16.1. The number of likely N-dealkylation sites (tertiary alicyclic amines) is 1. The van der Waals surface area contributed by atoms with Gasteiger partial charge in [0, 0.05) is 36.3 Å². The number of piperidine rings is 1. The molecule has 1 aliphatic heterocycles. The smallest absolute Gasteiger partial charge is 0.187 e. The van der Waals surface area contributed by atoms with Crippen molar-refractivity contribution in [2.75, 3.05) is 13.1 Å². The predicted molar refractivity (Wildman–Crippen MR) is 111 cm³/mol. The van der Waals surface area contributed by atoms with Crippen LogP contribution in [0, 0.1) is 5.92 Å². The van der Waals surface area contributed by atoms with Crippen molar-refractivity contribution in [3.63, 3.8) is 0 Å². The van der Waals surface area contributed by atoms with E-state index in [0.29, 0.717) is 5.92 Å². The molecule has 0 spiro atoms. The number of ketones is 1. The van der Waals surface area contributed by atoms with Crippen molar-refractivity contribution in [3.05, 3.63) is 84.1 Å². The molecule has 138 valence electrons. The van der Waals surface area contributed by atoms with Crippen molar-refractivity contribution < 1.29 is 4.79 Å². The molecule has 0 aliphatic carbocycles. The minimum Gasteiger partial charge on any atom is -0.350 e. The fourth-order valence-corrected chi connectivity index (χ4v) is 4.00. The molecule has 0 amide bonds. The molecule has 3 aromatic rings. The van der Waals surface area contributed by atoms with Crippen molar-refractivity contribution in [1.82, 2.24) is 9.47 Å². The Bertz CT molecular complexity index is 947. The van der Waals surface area contributed by atoms with Gasteiger partial charge in [-0.3, -0.25) is 9.69 Å². The summed E-state index contributed by atoms with van der Waals surface area (Å²) in [7, 11) is 1.99. The van der Waals surface area contributed by atoms with Gasteiger partial charge in [0.2, 0.25) is 0 Å². The van der Waals surface area contributed by atoms with Gasteiger partial charge in [-0.15, -0.1) is 0 Å². The number of carbonyl (C=O) groups is 1. The number of hydrogen-bond acceptors (Lipinski definition) is 2. The van der Waals surface area contributed by atoms with Gasteiger partial charge in [-0.2, -0.15) is 0 Å². The van der Waals surface area contributed by atoms with Crippen LogP contribution in [0.4, 0.5) is 0 Å². The molecule has 0 atom stereocenters. The topological polar surface area (TPSA) is 25.2 Å². The molecule has 3 nitrogen and oxygen atoms in total. The van der Waals surface area contributed by atoms with Crippen LogP contribution >= 0.6 is 0 Å². The highest BCUT2D eigenvalue weighted by Crippen LogP contribution is 2.23. The molecule has 4 rings (SSSR count). The Morgan fingerprint density at radius 2 is 1.74 bits per heavy atom. The van der Waals surface area contributed by atoms with Gasteiger partial charge < -0.3 is 4.57 Å². The van der Waals surface area contributed by atoms with Crippen LogP contribution in [0.5, 0.6) is 0 Å². The summed E-state index contributed by atoms with van der Waals surface area (Å²) < 4.78 is 2.03. The quantitative estimate of drug-likeness (QED) is 0.482. The maximum Gasteiger partial charge on any atom is 0.187 e. The van der Waals surface area contributed by atoms with E-state index < -0.39 is 0 Å². The Morgan fingerprint density at radius 1 is 1.04 bits per heavy atom. The first-order valence-corrected chi connectivity index (χ1v) is 9.73. The lowest BCUT2D eigenvalue weighted by Gasteiger charge is -2.30. The van der Waals surface area contributed by atoms with Crippen molar-refractivity contribution in [2.24, 2.45) is 13.0 Å². The number of aryl methyl sites for hydroxylation is 1. The van der Waals surface area contributed by atoms with Gasteiger partial charge in [0.05, 0.1) is 0 Å².